The van der Waals surface area contributed by atoms with Crippen LogP contribution in [0.1, 0.15) is 24.5 Å². The summed E-state index contributed by atoms with van der Waals surface area (Å²) in [6, 6.07) is 4.77. The molecule has 92 valence electrons. The van der Waals surface area contributed by atoms with E-state index in [9.17, 15) is 9.90 Å². The second-order valence-corrected chi connectivity index (χ2v) is 4.34. The highest BCUT2D eigenvalue weighted by Crippen LogP contribution is 2.33. The van der Waals surface area contributed by atoms with Crippen molar-refractivity contribution in [1.29, 1.82) is 0 Å². The number of benzene rings is 1. The molecule has 0 saturated heterocycles. The molecule has 0 heterocycles. The number of aliphatic hydroxyl groups excluding tert-OH is 1. The molecule has 0 radical (unpaired) electrons. The minimum atomic E-state index is -1.31. The average molecular weight is 257 g/mol. The predicted molar refractivity (Wildman–Crippen MR) is 62.1 cm³/mol. The Morgan fingerprint density at radius 3 is 2.76 bits per heavy atom. The lowest BCUT2D eigenvalue weighted by Crippen LogP contribution is -2.13. The number of esters is 1. The quantitative estimate of drug-likeness (QED) is 0.838. The molecule has 1 aliphatic rings. The fourth-order valence-corrected chi connectivity index (χ4v) is 1.63. The van der Waals surface area contributed by atoms with Gasteiger partial charge in [0.05, 0.1) is 18.2 Å². The van der Waals surface area contributed by atoms with Crippen molar-refractivity contribution >= 4 is 17.6 Å². The van der Waals surface area contributed by atoms with Crippen molar-refractivity contribution in [1.82, 2.24) is 0 Å². The van der Waals surface area contributed by atoms with Crippen molar-refractivity contribution in [2.45, 2.75) is 25.0 Å². The van der Waals surface area contributed by atoms with Crippen LogP contribution in [-0.2, 0) is 9.53 Å². The number of rotatable bonds is 4. The van der Waals surface area contributed by atoms with Crippen molar-refractivity contribution in [2.75, 3.05) is 7.11 Å². The minimum Gasteiger partial charge on any atom is -0.489 e. The Hall–Kier alpha value is -1.26. The number of carbonyl (C=O) groups excluding carboxylic acids is 1. The maximum absolute atomic E-state index is 11.1. The first-order valence-electron chi connectivity index (χ1n) is 5.34. The van der Waals surface area contributed by atoms with Gasteiger partial charge in [-0.3, -0.25) is 0 Å². The summed E-state index contributed by atoms with van der Waals surface area (Å²) in [7, 11) is 1.22. The Labute approximate surface area is 104 Å². The van der Waals surface area contributed by atoms with Crippen LogP contribution in [0.4, 0.5) is 0 Å². The summed E-state index contributed by atoms with van der Waals surface area (Å²) in [5, 5.41) is 10.0. The molecule has 1 aromatic carbocycles. The zero-order chi connectivity index (χ0) is 12.4. The molecule has 1 atom stereocenters. The highest BCUT2D eigenvalue weighted by molar-refractivity contribution is 6.32. The average Bonchev–Trinajstić information content (AvgIpc) is 3.13. The van der Waals surface area contributed by atoms with Crippen LogP contribution in [-0.4, -0.2) is 24.3 Å². The molecule has 1 unspecified atom stereocenters. The SMILES string of the molecule is COC(=O)C(O)c1ccc(OC2CC2)c(Cl)c1. The van der Waals surface area contributed by atoms with E-state index >= 15 is 0 Å². The number of ether oxygens (including phenoxy) is 2. The van der Waals surface area contributed by atoms with Crippen LogP contribution in [0.2, 0.25) is 5.02 Å². The summed E-state index contributed by atoms with van der Waals surface area (Å²) in [5.74, 6) is -0.132. The van der Waals surface area contributed by atoms with Gasteiger partial charge in [0.25, 0.3) is 0 Å². The highest BCUT2D eigenvalue weighted by Gasteiger charge is 2.25. The lowest BCUT2D eigenvalue weighted by atomic mass is 10.1. The van der Waals surface area contributed by atoms with Gasteiger partial charge in [0.15, 0.2) is 6.10 Å². The van der Waals surface area contributed by atoms with Crippen molar-refractivity contribution in [3.63, 3.8) is 0 Å². The van der Waals surface area contributed by atoms with E-state index in [2.05, 4.69) is 4.74 Å². The summed E-state index contributed by atoms with van der Waals surface area (Å²) < 4.78 is 10.00. The van der Waals surface area contributed by atoms with Crippen LogP contribution in [0.15, 0.2) is 18.2 Å². The standard InChI is InChI=1S/C12H13ClO4/c1-16-12(15)11(14)7-2-5-10(9(13)6-7)17-8-3-4-8/h2,5-6,8,11,14H,3-4H2,1H3. The number of aliphatic hydroxyl groups is 1. The number of carbonyl (C=O) groups is 1. The highest BCUT2D eigenvalue weighted by atomic mass is 35.5. The fraction of sp³-hybridized carbons (Fsp3) is 0.417. The Morgan fingerprint density at radius 1 is 1.53 bits per heavy atom. The van der Waals surface area contributed by atoms with Crippen LogP contribution < -0.4 is 4.74 Å². The van der Waals surface area contributed by atoms with Crippen molar-refractivity contribution < 1.29 is 19.4 Å². The summed E-state index contributed by atoms with van der Waals surface area (Å²) in [6.07, 6.45) is 1.03. The number of methoxy groups -OCH3 is 1. The van der Waals surface area contributed by atoms with E-state index in [4.69, 9.17) is 16.3 Å². The van der Waals surface area contributed by atoms with Crippen LogP contribution in [0.5, 0.6) is 5.75 Å². The molecule has 0 bridgehead atoms. The molecule has 17 heavy (non-hydrogen) atoms. The van der Waals surface area contributed by atoms with Gasteiger partial charge < -0.3 is 14.6 Å². The molecule has 0 spiro atoms. The molecule has 1 aliphatic carbocycles. The van der Waals surface area contributed by atoms with E-state index in [0.29, 0.717) is 16.3 Å². The molecular formula is C12H13ClO4. The van der Waals surface area contributed by atoms with Crippen molar-refractivity contribution in [3.05, 3.63) is 28.8 Å². The summed E-state index contributed by atoms with van der Waals surface area (Å²) in [6.45, 7) is 0. The molecule has 0 aliphatic heterocycles. The van der Waals surface area contributed by atoms with Crippen molar-refractivity contribution in [3.8, 4) is 5.75 Å². The van der Waals surface area contributed by atoms with E-state index in [0.717, 1.165) is 12.8 Å². The summed E-state index contributed by atoms with van der Waals surface area (Å²) in [4.78, 5) is 11.1. The molecule has 0 aromatic heterocycles. The fourth-order valence-electron chi connectivity index (χ4n) is 1.40. The third-order valence-corrected chi connectivity index (χ3v) is 2.81. The number of hydrogen-bond acceptors (Lipinski definition) is 4. The summed E-state index contributed by atoms with van der Waals surface area (Å²) in [5.41, 5.74) is 0.394. The van der Waals surface area contributed by atoms with E-state index in [1.165, 1.54) is 13.2 Å². The van der Waals surface area contributed by atoms with Crippen LogP contribution in [0.3, 0.4) is 0 Å². The number of halogens is 1. The van der Waals surface area contributed by atoms with Crippen LogP contribution >= 0.6 is 11.6 Å². The zero-order valence-electron chi connectivity index (χ0n) is 9.35. The Kier molecular flexibility index (Phi) is 3.54. The minimum absolute atomic E-state index is 0.254. The third kappa shape index (κ3) is 2.90. The molecule has 1 saturated carbocycles. The first kappa shape index (κ1) is 12.2. The largest absolute Gasteiger partial charge is 0.489 e. The van der Waals surface area contributed by atoms with Gasteiger partial charge in [-0.05, 0) is 30.5 Å². The lowest BCUT2D eigenvalue weighted by Gasteiger charge is -2.11. The topological polar surface area (TPSA) is 55.8 Å². The van der Waals surface area contributed by atoms with Crippen molar-refractivity contribution in [2.24, 2.45) is 0 Å². The van der Waals surface area contributed by atoms with Crippen LogP contribution in [0.25, 0.3) is 0 Å². The van der Waals surface area contributed by atoms with Gasteiger partial charge in [0, 0.05) is 0 Å². The molecular weight excluding hydrogens is 244 g/mol. The molecule has 4 nitrogen and oxygen atoms in total. The first-order chi connectivity index (χ1) is 8.11. The van der Waals surface area contributed by atoms with Gasteiger partial charge in [0.1, 0.15) is 5.75 Å². The Balaban J connectivity index is 2.14. The van der Waals surface area contributed by atoms with Gasteiger partial charge in [-0.15, -0.1) is 0 Å². The second-order valence-electron chi connectivity index (χ2n) is 3.93. The Bertz CT molecular complexity index is 429. The summed E-state index contributed by atoms with van der Waals surface area (Å²) >= 11 is 6.00. The number of hydrogen-bond donors (Lipinski definition) is 1. The maximum atomic E-state index is 11.1. The zero-order valence-corrected chi connectivity index (χ0v) is 10.1. The third-order valence-electron chi connectivity index (χ3n) is 2.51. The van der Waals surface area contributed by atoms with E-state index in [-0.39, 0.29) is 6.10 Å². The molecule has 5 heteroatoms. The maximum Gasteiger partial charge on any atom is 0.339 e. The van der Waals surface area contributed by atoms with E-state index < -0.39 is 12.1 Å². The monoisotopic (exact) mass is 256 g/mol. The normalized spacial score (nSPS) is 16.4. The van der Waals surface area contributed by atoms with Gasteiger partial charge in [0.2, 0.25) is 0 Å². The van der Waals surface area contributed by atoms with Crippen LogP contribution in [0, 0.1) is 0 Å². The lowest BCUT2D eigenvalue weighted by molar-refractivity contribution is -0.150. The molecule has 1 fully saturated rings. The van der Waals surface area contributed by atoms with E-state index in [1.807, 2.05) is 0 Å². The predicted octanol–water partition coefficient (Wildman–Crippen LogP) is 2.09. The molecule has 0 amide bonds. The van der Waals surface area contributed by atoms with Gasteiger partial charge in [-0.2, -0.15) is 0 Å². The first-order valence-corrected chi connectivity index (χ1v) is 5.71. The molecule has 1 N–H and O–H groups in total. The molecule has 2 rings (SSSR count). The second kappa shape index (κ2) is 4.94. The Morgan fingerprint density at radius 2 is 2.24 bits per heavy atom. The van der Waals surface area contributed by atoms with Gasteiger partial charge in [-0.25, -0.2) is 4.79 Å². The van der Waals surface area contributed by atoms with Gasteiger partial charge in [-0.1, -0.05) is 17.7 Å². The van der Waals surface area contributed by atoms with Gasteiger partial charge >= 0.3 is 5.97 Å². The van der Waals surface area contributed by atoms with E-state index in [1.54, 1.807) is 12.1 Å². The molecule has 1 aromatic rings. The smallest absolute Gasteiger partial charge is 0.339 e.